The number of nitrogens with two attached hydrogens (primary N) is 1. The fraction of sp³-hybridized carbons (Fsp3) is 0.545. The Morgan fingerprint density at radius 2 is 2.31 bits per heavy atom. The second-order valence-electron chi connectivity index (χ2n) is 3.71. The van der Waals surface area contributed by atoms with Crippen molar-refractivity contribution in [1.29, 1.82) is 0 Å². The van der Waals surface area contributed by atoms with Crippen LogP contribution in [-0.4, -0.2) is 28.2 Å². The number of nitrogens with zero attached hydrogens (tertiary/aromatic N) is 1. The number of nitrogens with one attached hydrogen (secondary N) is 1. The number of carbonyl (C=O) groups excluding carboxylic acids is 1. The summed E-state index contributed by atoms with van der Waals surface area (Å²) in [5, 5.41) is 11.8. The van der Waals surface area contributed by atoms with Crippen LogP contribution in [0.3, 0.4) is 0 Å². The normalized spacial score (nSPS) is 12.4. The van der Waals surface area contributed by atoms with Crippen LogP contribution < -0.4 is 11.1 Å². The summed E-state index contributed by atoms with van der Waals surface area (Å²) in [6.45, 7) is 4.49. The summed E-state index contributed by atoms with van der Waals surface area (Å²) in [6.07, 6.45) is 2.43. The molecular weight excluding hydrogens is 206 g/mol. The zero-order valence-electron chi connectivity index (χ0n) is 9.73. The van der Waals surface area contributed by atoms with Crippen LogP contribution >= 0.6 is 0 Å². The predicted molar refractivity (Wildman–Crippen MR) is 63.1 cm³/mol. The fourth-order valence-corrected chi connectivity index (χ4v) is 1.52. The Balaban J connectivity index is 2.79. The molecule has 0 aliphatic heterocycles. The Morgan fingerprint density at radius 3 is 2.81 bits per heavy atom. The predicted octanol–water partition coefficient (Wildman–Crippen LogP) is 0.591. The van der Waals surface area contributed by atoms with E-state index in [0.29, 0.717) is 24.3 Å². The Morgan fingerprint density at radius 1 is 1.62 bits per heavy atom. The maximum atomic E-state index is 11.9. The van der Waals surface area contributed by atoms with Crippen LogP contribution in [0, 0.1) is 0 Å². The molecule has 1 aromatic heterocycles. The van der Waals surface area contributed by atoms with Gasteiger partial charge in [0.25, 0.3) is 5.91 Å². The lowest BCUT2D eigenvalue weighted by atomic mass is 10.2. The molecule has 4 N–H and O–H groups in total. The van der Waals surface area contributed by atoms with Crippen LogP contribution in [0.5, 0.6) is 0 Å². The first kappa shape index (κ1) is 12.6. The van der Waals surface area contributed by atoms with Crippen molar-refractivity contribution in [2.45, 2.75) is 32.9 Å². The minimum absolute atomic E-state index is 0.0510. The van der Waals surface area contributed by atoms with Crippen LogP contribution in [0.1, 0.15) is 30.8 Å². The molecule has 5 heteroatoms. The van der Waals surface area contributed by atoms with Crippen LogP contribution in [0.15, 0.2) is 12.3 Å². The summed E-state index contributed by atoms with van der Waals surface area (Å²) in [6, 6.07) is 1.44. The Kier molecular flexibility index (Phi) is 4.37. The number of aromatic nitrogens is 1. The number of carbonyl (C=O) groups is 1. The molecule has 0 bridgehead atoms. The second kappa shape index (κ2) is 5.55. The molecular formula is C11H19N3O2. The van der Waals surface area contributed by atoms with Crippen LogP contribution in [0.2, 0.25) is 0 Å². The number of nitrogen functional groups attached to an aromatic ring is 1. The summed E-state index contributed by atoms with van der Waals surface area (Å²) < 4.78 is 1.79. The number of hydrogen-bond donors (Lipinski definition) is 3. The quantitative estimate of drug-likeness (QED) is 0.686. The highest BCUT2D eigenvalue weighted by atomic mass is 16.3. The molecule has 1 rings (SSSR count). The first-order valence-corrected chi connectivity index (χ1v) is 5.49. The van der Waals surface area contributed by atoms with Crippen LogP contribution in [-0.2, 0) is 6.54 Å². The van der Waals surface area contributed by atoms with Gasteiger partial charge in [0.1, 0.15) is 5.69 Å². The molecule has 5 nitrogen and oxygen atoms in total. The second-order valence-corrected chi connectivity index (χ2v) is 3.71. The number of hydrogen-bond acceptors (Lipinski definition) is 3. The minimum Gasteiger partial charge on any atom is -0.397 e. The summed E-state index contributed by atoms with van der Waals surface area (Å²) in [5.74, 6) is -0.195. The van der Waals surface area contributed by atoms with Crippen molar-refractivity contribution in [1.82, 2.24) is 9.88 Å². The summed E-state index contributed by atoms with van der Waals surface area (Å²) >= 11 is 0. The molecule has 1 atom stereocenters. The van der Waals surface area contributed by atoms with Crippen molar-refractivity contribution in [3.63, 3.8) is 0 Å². The highest BCUT2D eigenvalue weighted by Gasteiger charge is 2.15. The monoisotopic (exact) mass is 225 g/mol. The largest absolute Gasteiger partial charge is 0.397 e. The summed E-state index contributed by atoms with van der Waals surface area (Å²) in [5.41, 5.74) is 6.75. The van der Waals surface area contributed by atoms with E-state index < -0.39 is 0 Å². The maximum absolute atomic E-state index is 11.9. The topological polar surface area (TPSA) is 80.3 Å². The van der Waals surface area contributed by atoms with Gasteiger partial charge in [0.2, 0.25) is 0 Å². The lowest BCUT2D eigenvalue weighted by molar-refractivity contribution is 0.0905. The molecule has 0 aromatic carbocycles. The molecule has 0 aliphatic rings. The molecule has 0 spiro atoms. The standard InChI is InChI=1S/C11H19N3O2/c1-3-9(7-15)13-11(16)10-5-8(12)6-14(10)4-2/h5-6,9,15H,3-4,7,12H2,1-2H3,(H,13,16). The van der Waals surface area contributed by atoms with Gasteiger partial charge in [-0.25, -0.2) is 0 Å². The van der Waals surface area contributed by atoms with E-state index in [1.807, 2.05) is 13.8 Å². The number of aliphatic hydroxyl groups is 1. The first-order valence-electron chi connectivity index (χ1n) is 5.49. The van der Waals surface area contributed by atoms with Crippen molar-refractivity contribution in [2.24, 2.45) is 0 Å². The maximum Gasteiger partial charge on any atom is 0.268 e. The highest BCUT2D eigenvalue weighted by Crippen LogP contribution is 2.10. The molecule has 1 heterocycles. The number of rotatable bonds is 5. The molecule has 1 amide bonds. The zero-order valence-corrected chi connectivity index (χ0v) is 9.73. The number of anilines is 1. The SMILES string of the molecule is CCC(CO)NC(=O)c1cc(N)cn1CC. The average molecular weight is 225 g/mol. The van der Waals surface area contributed by atoms with E-state index in [9.17, 15) is 4.79 Å². The van der Waals surface area contributed by atoms with Gasteiger partial charge in [-0.05, 0) is 19.4 Å². The smallest absolute Gasteiger partial charge is 0.268 e. The van der Waals surface area contributed by atoms with E-state index >= 15 is 0 Å². The van der Waals surface area contributed by atoms with Gasteiger partial charge in [0.05, 0.1) is 18.3 Å². The van der Waals surface area contributed by atoms with E-state index in [-0.39, 0.29) is 18.6 Å². The van der Waals surface area contributed by atoms with E-state index in [0.717, 1.165) is 0 Å². The fourth-order valence-electron chi connectivity index (χ4n) is 1.52. The van der Waals surface area contributed by atoms with Gasteiger partial charge in [0.15, 0.2) is 0 Å². The third-order valence-electron chi connectivity index (χ3n) is 2.54. The van der Waals surface area contributed by atoms with Gasteiger partial charge < -0.3 is 20.7 Å². The van der Waals surface area contributed by atoms with Crippen molar-refractivity contribution < 1.29 is 9.90 Å². The lowest BCUT2D eigenvalue weighted by Crippen LogP contribution is -2.37. The van der Waals surface area contributed by atoms with E-state index in [4.69, 9.17) is 10.8 Å². The van der Waals surface area contributed by atoms with E-state index in [1.54, 1.807) is 16.8 Å². The third-order valence-corrected chi connectivity index (χ3v) is 2.54. The third kappa shape index (κ3) is 2.76. The van der Waals surface area contributed by atoms with Crippen molar-refractivity contribution in [3.8, 4) is 0 Å². The molecule has 1 unspecified atom stereocenters. The molecule has 0 aliphatic carbocycles. The van der Waals surface area contributed by atoms with Crippen LogP contribution in [0.25, 0.3) is 0 Å². The molecule has 0 saturated carbocycles. The van der Waals surface area contributed by atoms with Gasteiger partial charge >= 0.3 is 0 Å². The lowest BCUT2D eigenvalue weighted by Gasteiger charge is -2.14. The molecule has 1 aromatic rings. The average Bonchev–Trinajstić information content (AvgIpc) is 2.67. The van der Waals surface area contributed by atoms with Crippen LogP contribution in [0.4, 0.5) is 5.69 Å². The number of aryl methyl sites for hydroxylation is 1. The molecule has 0 saturated heterocycles. The Bertz CT molecular complexity index is 356. The van der Waals surface area contributed by atoms with Gasteiger partial charge in [0, 0.05) is 12.7 Å². The van der Waals surface area contributed by atoms with E-state index in [2.05, 4.69) is 5.32 Å². The summed E-state index contributed by atoms with van der Waals surface area (Å²) in [7, 11) is 0. The molecule has 16 heavy (non-hydrogen) atoms. The summed E-state index contributed by atoms with van der Waals surface area (Å²) in [4.78, 5) is 11.9. The van der Waals surface area contributed by atoms with Crippen molar-refractivity contribution in [2.75, 3.05) is 12.3 Å². The molecule has 0 radical (unpaired) electrons. The van der Waals surface area contributed by atoms with Gasteiger partial charge in [-0.2, -0.15) is 0 Å². The molecule has 0 fully saturated rings. The Labute approximate surface area is 95.3 Å². The number of aliphatic hydroxyl groups excluding tert-OH is 1. The van der Waals surface area contributed by atoms with E-state index in [1.165, 1.54) is 0 Å². The Hall–Kier alpha value is -1.49. The zero-order chi connectivity index (χ0) is 12.1. The molecule has 90 valence electrons. The van der Waals surface area contributed by atoms with Crippen molar-refractivity contribution >= 4 is 11.6 Å². The first-order chi connectivity index (χ1) is 7.62. The minimum atomic E-state index is -0.200. The van der Waals surface area contributed by atoms with Gasteiger partial charge in [-0.1, -0.05) is 6.92 Å². The number of amides is 1. The highest BCUT2D eigenvalue weighted by molar-refractivity contribution is 5.94. The van der Waals surface area contributed by atoms with Gasteiger partial charge in [-0.15, -0.1) is 0 Å². The van der Waals surface area contributed by atoms with Crippen molar-refractivity contribution in [3.05, 3.63) is 18.0 Å². The van der Waals surface area contributed by atoms with Gasteiger partial charge in [-0.3, -0.25) is 4.79 Å².